The Morgan fingerprint density at radius 1 is 1.09 bits per heavy atom. The second-order valence-electron chi connectivity index (χ2n) is 5.09. The molecule has 1 aliphatic heterocycles. The average molecular weight is 319 g/mol. The monoisotopic (exact) mass is 319 g/mol. The van der Waals surface area contributed by atoms with Gasteiger partial charge < -0.3 is 15.0 Å². The number of rotatable bonds is 3. The maximum Gasteiger partial charge on any atom is 0.272 e. The van der Waals surface area contributed by atoms with Gasteiger partial charge in [0.25, 0.3) is 5.91 Å². The quantitative estimate of drug-likeness (QED) is 0.945. The van der Waals surface area contributed by atoms with Crippen molar-refractivity contribution in [2.45, 2.75) is 0 Å². The molecular formula is C16H15F2N3O2. The number of pyridine rings is 1. The van der Waals surface area contributed by atoms with Gasteiger partial charge in [-0.1, -0.05) is 0 Å². The number of benzene rings is 1. The summed E-state index contributed by atoms with van der Waals surface area (Å²) in [4.78, 5) is 18.1. The van der Waals surface area contributed by atoms with Gasteiger partial charge in [0.15, 0.2) is 11.6 Å². The number of ether oxygens (including phenoxy) is 1. The second-order valence-corrected chi connectivity index (χ2v) is 5.09. The standard InChI is InChI=1S/C16H15F2N3O2/c17-13-2-1-11(9-14(13)18)20-12-3-4-19-15(10-12)16(22)21-5-7-23-8-6-21/h1-4,9-10H,5-8H2,(H,19,20). The number of hydrogen-bond acceptors (Lipinski definition) is 4. The summed E-state index contributed by atoms with van der Waals surface area (Å²) < 4.78 is 31.4. The van der Waals surface area contributed by atoms with Crippen molar-refractivity contribution in [2.24, 2.45) is 0 Å². The lowest BCUT2D eigenvalue weighted by Gasteiger charge is -2.26. The summed E-state index contributed by atoms with van der Waals surface area (Å²) in [6.07, 6.45) is 1.50. The Balaban J connectivity index is 1.76. The van der Waals surface area contributed by atoms with Crippen LogP contribution in [0.3, 0.4) is 0 Å². The Bertz CT molecular complexity index is 718. The molecule has 0 bridgehead atoms. The highest BCUT2D eigenvalue weighted by atomic mass is 19.2. The minimum atomic E-state index is -0.936. The zero-order valence-corrected chi connectivity index (χ0v) is 12.3. The molecule has 1 aliphatic rings. The van der Waals surface area contributed by atoms with Gasteiger partial charge in [0.05, 0.1) is 13.2 Å². The normalized spacial score (nSPS) is 14.6. The first kappa shape index (κ1) is 15.4. The lowest BCUT2D eigenvalue weighted by molar-refractivity contribution is 0.0299. The van der Waals surface area contributed by atoms with Crippen molar-refractivity contribution in [1.82, 2.24) is 9.88 Å². The molecule has 0 atom stereocenters. The van der Waals surface area contributed by atoms with Crippen LogP contribution in [0.15, 0.2) is 36.5 Å². The number of morpholine rings is 1. The van der Waals surface area contributed by atoms with Gasteiger partial charge in [-0.3, -0.25) is 9.78 Å². The highest BCUT2D eigenvalue weighted by Gasteiger charge is 2.19. The molecule has 1 aromatic heterocycles. The van der Waals surface area contributed by atoms with E-state index in [-0.39, 0.29) is 5.91 Å². The van der Waals surface area contributed by atoms with Crippen molar-refractivity contribution in [3.05, 3.63) is 53.9 Å². The van der Waals surface area contributed by atoms with E-state index in [0.29, 0.717) is 43.4 Å². The number of carbonyl (C=O) groups is 1. The number of amides is 1. The van der Waals surface area contributed by atoms with Crippen LogP contribution in [0, 0.1) is 11.6 Å². The van der Waals surface area contributed by atoms with Crippen LogP contribution in [0.2, 0.25) is 0 Å². The molecule has 0 saturated carbocycles. The maximum atomic E-state index is 13.2. The van der Waals surface area contributed by atoms with Crippen molar-refractivity contribution in [3.63, 3.8) is 0 Å². The van der Waals surface area contributed by atoms with Crippen LogP contribution in [0.1, 0.15) is 10.5 Å². The molecule has 1 aromatic carbocycles. The lowest BCUT2D eigenvalue weighted by atomic mass is 10.2. The lowest BCUT2D eigenvalue weighted by Crippen LogP contribution is -2.41. The number of nitrogens with zero attached hydrogens (tertiary/aromatic N) is 2. The van der Waals surface area contributed by atoms with E-state index in [2.05, 4.69) is 10.3 Å². The highest BCUT2D eigenvalue weighted by Crippen LogP contribution is 2.19. The van der Waals surface area contributed by atoms with E-state index in [4.69, 9.17) is 4.74 Å². The first-order valence-electron chi connectivity index (χ1n) is 7.18. The summed E-state index contributed by atoms with van der Waals surface area (Å²) in [6.45, 7) is 2.08. The molecule has 7 heteroatoms. The third kappa shape index (κ3) is 3.62. The Morgan fingerprint density at radius 2 is 1.83 bits per heavy atom. The molecule has 120 valence electrons. The number of hydrogen-bond donors (Lipinski definition) is 1. The van der Waals surface area contributed by atoms with Crippen molar-refractivity contribution in [3.8, 4) is 0 Å². The molecule has 0 aliphatic carbocycles. The molecule has 1 amide bonds. The van der Waals surface area contributed by atoms with Crippen LogP contribution in [-0.2, 0) is 4.74 Å². The smallest absolute Gasteiger partial charge is 0.272 e. The van der Waals surface area contributed by atoms with Crippen molar-refractivity contribution < 1.29 is 18.3 Å². The predicted octanol–water partition coefficient (Wildman–Crippen LogP) is 2.58. The van der Waals surface area contributed by atoms with Crippen molar-refractivity contribution in [2.75, 3.05) is 31.6 Å². The number of nitrogens with one attached hydrogen (secondary N) is 1. The largest absolute Gasteiger partial charge is 0.378 e. The second kappa shape index (κ2) is 6.70. The Hall–Kier alpha value is -2.54. The van der Waals surface area contributed by atoms with Crippen molar-refractivity contribution in [1.29, 1.82) is 0 Å². The fraction of sp³-hybridized carbons (Fsp3) is 0.250. The van der Waals surface area contributed by atoms with Crippen LogP contribution < -0.4 is 5.32 Å². The zero-order chi connectivity index (χ0) is 16.2. The van der Waals surface area contributed by atoms with Gasteiger partial charge >= 0.3 is 0 Å². The maximum absolute atomic E-state index is 13.2. The number of halogens is 2. The third-order valence-electron chi connectivity index (χ3n) is 3.49. The van der Waals surface area contributed by atoms with E-state index in [1.165, 1.54) is 12.3 Å². The molecule has 1 fully saturated rings. The van der Waals surface area contributed by atoms with Crippen molar-refractivity contribution >= 4 is 17.3 Å². The van der Waals surface area contributed by atoms with E-state index in [1.54, 1.807) is 17.0 Å². The van der Waals surface area contributed by atoms with E-state index in [9.17, 15) is 13.6 Å². The number of aromatic nitrogens is 1. The highest BCUT2D eigenvalue weighted by molar-refractivity contribution is 5.93. The molecule has 0 spiro atoms. The Morgan fingerprint density at radius 3 is 2.57 bits per heavy atom. The predicted molar refractivity (Wildman–Crippen MR) is 80.6 cm³/mol. The minimum absolute atomic E-state index is 0.178. The van der Waals surface area contributed by atoms with Gasteiger partial charge in [0.1, 0.15) is 5.69 Å². The Labute approximate surface area is 131 Å². The van der Waals surface area contributed by atoms with E-state index in [1.807, 2.05) is 0 Å². The summed E-state index contributed by atoms with van der Waals surface area (Å²) in [5.74, 6) is -2.02. The number of carbonyl (C=O) groups excluding carboxylic acids is 1. The van der Waals surface area contributed by atoms with Crippen LogP contribution in [0.4, 0.5) is 20.2 Å². The summed E-state index contributed by atoms with van der Waals surface area (Å²) in [5.41, 5.74) is 1.25. The van der Waals surface area contributed by atoms with E-state index >= 15 is 0 Å². The van der Waals surface area contributed by atoms with Gasteiger partial charge in [-0.05, 0) is 24.3 Å². The molecule has 0 unspecified atom stereocenters. The van der Waals surface area contributed by atoms with E-state index < -0.39 is 11.6 Å². The van der Waals surface area contributed by atoms with Crippen LogP contribution in [-0.4, -0.2) is 42.1 Å². The zero-order valence-electron chi connectivity index (χ0n) is 12.3. The first-order chi connectivity index (χ1) is 11.1. The summed E-state index contributed by atoms with van der Waals surface area (Å²) in [7, 11) is 0. The molecular weight excluding hydrogens is 304 g/mol. The molecule has 1 saturated heterocycles. The van der Waals surface area contributed by atoms with Gasteiger partial charge in [0, 0.05) is 36.7 Å². The Kier molecular flexibility index (Phi) is 4.47. The first-order valence-corrected chi connectivity index (χ1v) is 7.18. The molecule has 23 heavy (non-hydrogen) atoms. The number of anilines is 2. The topological polar surface area (TPSA) is 54.5 Å². The molecule has 1 N–H and O–H groups in total. The summed E-state index contributed by atoms with van der Waals surface area (Å²) >= 11 is 0. The SMILES string of the molecule is O=C(c1cc(Nc2ccc(F)c(F)c2)ccn1)N1CCOCC1. The van der Waals surface area contributed by atoms with Crippen LogP contribution >= 0.6 is 0 Å². The van der Waals surface area contributed by atoms with Gasteiger partial charge in [-0.15, -0.1) is 0 Å². The molecule has 2 heterocycles. The molecule has 0 radical (unpaired) electrons. The molecule has 3 rings (SSSR count). The molecule has 2 aromatic rings. The van der Waals surface area contributed by atoms with Crippen LogP contribution in [0.25, 0.3) is 0 Å². The van der Waals surface area contributed by atoms with Gasteiger partial charge in [0.2, 0.25) is 0 Å². The average Bonchev–Trinajstić information content (AvgIpc) is 2.58. The summed E-state index contributed by atoms with van der Waals surface area (Å²) in [5, 5.41) is 2.93. The summed E-state index contributed by atoms with van der Waals surface area (Å²) in [6, 6.07) is 6.75. The fourth-order valence-electron chi connectivity index (χ4n) is 2.29. The van der Waals surface area contributed by atoms with Gasteiger partial charge in [-0.2, -0.15) is 0 Å². The fourth-order valence-corrected chi connectivity index (χ4v) is 2.29. The molecule has 5 nitrogen and oxygen atoms in total. The van der Waals surface area contributed by atoms with Gasteiger partial charge in [-0.25, -0.2) is 8.78 Å². The van der Waals surface area contributed by atoms with E-state index in [0.717, 1.165) is 12.1 Å². The third-order valence-corrected chi connectivity index (χ3v) is 3.49. The minimum Gasteiger partial charge on any atom is -0.378 e. The van der Waals surface area contributed by atoms with Crippen LogP contribution in [0.5, 0.6) is 0 Å².